The quantitative estimate of drug-likeness (QED) is 0.780. The van der Waals surface area contributed by atoms with Crippen molar-refractivity contribution in [2.24, 2.45) is 0 Å². The standard InChI is InChI=1S/C11H13N3/c1-8(12-2)10-4-3-9-7-13-6-5-11(9)14-10/h3-8,12H,1-2H3. The van der Waals surface area contributed by atoms with E-state index in [0.717, 1.165) is 16.6 Å². The summed E-state index contributed by atoms with van der Waals surface area (Å²) in [5.74, 6) is 0. The number of pyridine rings is 2. The van der Waals surface area contributed by atoms with Crippen molar-refractivity contribution < 1.29 is 0 Å². The molecular weight excluding hydrogens is 174 g/mol. The minimum atomic E-state index is 0.285. The van der Waals surface area contributed by atoms with Gasteiger partial charge in [-0.05, 0) is 32.2 Å². The molecule has 0 aromatic carbocycles. The van der Waals surface area contributed by atoms with E-state index in [1.807, 2.05) is 25.4 Å². The molecule has 2 heterocycles. The molecule has 14 heavy (non-hydrogen) atoms. The van der Waals surface area contributed by atoms with Crippen LogP contribution in [0.4, 0.5) is 0 Å². The molecule has 0 aliphatic rings. The van der Waals surface area contributed by atoms with Gasteiger partial charge in [0.05, 0.1) is 11.2 Å². The summed E-state index contributed by atoms with van der Waals surface area (Å²) in [7, 11) is 1.93. The molecule has 0 saturated heterocycles. The number of nitrogens with zero attached hydrogens (tertiary/aromatic N) is 2. The molecule has 0 aliphatic heterocycles. The van der Waals surface area contributed by atoms with Gasteiger partial charge in [-0.1, -0.05) is 0 Å². The number of fused-ring (bicyclic) bond motifs is 1. The highest BCUT2D eigenvalue weighted by molar-refractivity contribution is 5.77. The van der Waals surface area contributed by atoms with E-state index in [4.69, 9.17) is 0 Å². The molecule has 72 valence electrons. The van der Waals surface area contributed by atoms with Gasteiger partial charge in [0.15, 0.2) is 0 Å². The summed E-state index contributed by atoms with van der Waals surface area (Å²) in [6.07, 6.45) is 3.60. The second-order valence-corrected chi connectivity index (χ2v) is 3.31. The van der Waals surface area contributed by atoms with E-state index < -0.39 is 0 Å². The summed E-state index contributed by atoms with van der Waals surface area (Å²) < 4.78 is 0. The summed E-state index contributed by atoms with van der Waals surface area (Å²) >= 11 is 0. The van der Waals surface area contributed by atoms with Crippen LogP contribution in [0.25, 0.3) is 10.9 Å². The van der Waals surface area contributed by atoms with Gasteiger partial charge in [0.1, 0.15) is 0 Å². The third kappa shape index (κ3) is 1.59. The molecule has 2 aromatic heterocycles. The van der Waals surface area contributed by atoms with Crippen LogP contribution < -0.4 is 5.32 Å². The zero-order chi connectivity index (χ0) is 9.97. The van der Waals surface area contributed by atoms with Crippen LogP contribution in [0.1, 0.15) is 18.7 Å². The molecule has 0 spiro atoms. The fourth-order valence-corrected chi connectivity index (χ4v) is 1.37. The van der Waals surface area contributed by atoms with Crippen LogP contribution in [0.3, 0.4) is 0 Å². The molecule has 3 heteroatoms. The predicted molar refractivity (Wildman–Crippen MR) is 57.0 cm³/mol. The Morgan fingerprint density at radius 2 is 2.14 bits per heavy atom. The van der Waals surface area contributed by atoms with Crippen LogP contribution in [0.5, 0.6) is 0 Å². The summed E-state index contributed by atoms with van der Waals surface area (Å²) in [5, 5.41) is 4.25. The molecular formula is C11H13N3. The largest absolute Gasteiger partial charge is 0.312 e. The maximum atomic E-state index is 4.54. The monoisotopic (exact) mass is 187 g/mol. The molecule has 0 radical (unpaired) electrons. The SMILES string of the molecule is CNC(C)c1ccc2cnccc2n1. The van der Waals surface area contributed by atoms with Crippen LogP contribution in [0, 0.1) is 0 Å². The summed E-state index contributed by atoms with van der Waals surface area (Å²) in [6.45, 7) is 2.09. The molecule has 2 aromatic rings. The molecule has 3 nitrogen and oxygen atoms in total. The number of hydrogen-bond acceptors (Lipinski definition) is 3. The van der Waals surface area contributed by atoms with E-state index >= 15 is 0 Å². The molecule has 0 aliphatic carbocycles. The molecule has 1 atom stereocenters. The summed E-state index contributed by atoms with van der Waals surface area (Å²) in [6, 6.07) is 6.30. The fourth-order valence-electron chi connectivity index (χ4n) is 1.37. The lowest BCUT2D eigenvalue weighted by atomic mass is 10.2. The topological polar surface area (TPSA) is 37.8 Å². The maximum Gasteiger partial charge on any atom is 0.0736 e. The van der Waals surface area contributed by atoms with Crippen molar-refractivity contribution >= 4 is 10.9 Å². The Balaban J connectivity index is 2.51. The van der Waals surface area contributed by atoms with Gasteiger partial charge in [0.2, 0.25) is 0 Å². The molecule has 0 bridgehead atoms. The van der Waals surface area contributed by atoms with Gasteiger partial charge in [0.25, 0.3) is 0 Å². The van der Waals surface area contributed by atoms with Gasteiger partial charge >= 0.3 is 0 Å². The number of hydrogen-bond donors (Lipinski definition) is 1. The lowest BCUT2D eigenvalue weighted by Gasteiger charge is -2.09. The minimum Gasteiger partial charge on any atom is -0.312 e. The van der Waals surface area contributed by atoms with Gasteiger partial charge in [-0.3, -0.25) is 9.97 Å². The highest BCUT2D eigenvalue weighted by Gasteiger charge is 2.04. The Morgan fingerprint density at radius 3 is 2.93 bits per heavy atom. The summed E-state index contributed by atoms with van der Waals surface area (Å²) in [5.41, 5.74) is 2.06. The van der Waals surface area contributed by atoms with Crippen LogP contribution in [0.15, 0.2) is 30.6 Å². The number of aromatic nitrogens is 2. The van der Waals surface area contributed by atoms with Crippen molar-refractivity contribution in [1.82, 2.24) is 15.3 Å². The molecule has 0 fully saturated rings. The van der Waals surface area contributed by atoms with Crippen LogP contribution in [-0.4, -0.2) is 17.0 Å². The third-order valence-electron chi connectivity index (χ3n) is 2.39. The first-order chi connectivity index (χ1) is 6.81. The number of rotatable bonds is 2. The van der Waals surface area contributed by atoms with Crippen LogP contribution >= 0.6 is 0 Å². The van der Waals surface area contributed by atoms with E-state index in [1.165, 1.54) is 0 Å². The van der Waals surface area contributed by atoms with Gasteiger partial charge in [-0.15, -0.1) is 0 Å². The Hall–Kier alpha value is -1.48. The van der Waals surface area contributed by atoms with Crippen molar-refractivity contribution in [2.45, 2.75) is 13.0 Å². The van der Waals surface area contributed by atoms with E-state index in [1.54, 1.807) is 6.20 Å². The van der Waals surface area contributed by atoms with E-state index in [0.29, 0.717) is 0 Å². The Bertz CT molecular complexity index is 439. The van der Waals surface area contributed by atoms with Crippen molar-refractivity contribution in [3.8, 4) is 0 Å². The molecule has 0 saturated carbocycles. The van der Waals surface area contributed by atoms with Crippen molar-refractivity contribution in [2.75, 3.05) is 7.05 Å². The summed E-state index contributed by atoms with van der Waals surface area (Å²) in [4.78, 5) is 8.60. The molecule has 2 rings (SSSR count). The fraction of sp³-hybridized carbons (Fsp3) is 0.273. The highest BCUT2D eigenvalue weighted by Crippen LogP contribution is 2.14. The van der Waals surface area contributed by atoms with Crippen molar-refractivity contribution in [3.63, 3.8) is 0 Å². The van der Waals surface area contributed by atoms with Crippen molar-refractivity contribution in [1.29, 1.82) is 0 Å². The zero-order valence-corrected chi connectivity index (χ0v) is 8.36. The predicted octanol–water partition coefficient (Wildman–Crippen LogP) is 1.91. The van der Waals surface area contributed by atoms with E-state index in [9.17, 15) is 0 Å². The van der Waals surface area contributed by atoms with E-state index in [-0.39, 0.29) is 6.04 Å². The normalized spacial score (nSPS) is 13.0. The molecule has 1 N–H and O–H groups in total. The van der Waals surface area contributed by atoms with Crippen molar-refractivity contribution in [3.05, 3.63) is 36.3 Å². The minimum absolute atomic E-state index is 0.285. The third-order valence-corrected chi connectivity index (χ3v) is 2.39. The molecule has 0 amide bonds. The lowest BCUT2D eigenvalue weighted by Crippen LogP contribution is -2.13. The first kappa shape index (κ1) is 9.09. The van der Waals surface area contributed by atoms with Crippen LogP contribution in [0.2, 0.25) is 0 Å². The Kier molecular flexibility index (Phi) is 2.41. The van der Waals surface area contributed by atoms with Gasteiger partial charge in [-0.25, -0.2) is 0 Å². The Morgan fingerprint density at radius 1 is 1.29 bits per heavy atom. The smallest absolute Gasteiger partial charge is 0.0736 e. The highest BCUT2D eigenvalue weighted by atomic mass is 14.9. The molecule has 1 unspecified atom stereocenters. The van der Waals surface area contributed by atoms with E-state index in [2.05, 4.69) is 28.3 Å². The average Bonchev–Trinajstić information content (AvgIpc) is 2.27. The zero-order valence-electron chi connectivity index (χ0n) is 8.36. The average molecular weight is 187 g/mol. The number of nitrogens with one attached hydrogen (secondary N) is 1. The maximum absolute atomic E-state index is 4.54. The van der Waals surface area contributed by atoms with Gasteiger partial charge in [-0.2, -0.15) is 0 Å². The van der Waals surface area contributed by atoms with Gasteiger partial charge in [0, 0.05) is 23.8 Å². The lowest BCUT2D eigenvalue weighted by molar-refractivity contribution is 0.635. The first-order valence-electron chi connectivity index (χ1n) is 4.69. The van der Waals surface area contributed by atoms with Crippen LogP contribution in [-0.2, 0) is 0 Å². The first-order valence-corrected chi connectivity index (χ1v) is 4.69. The Labute approximate surface area is 83.2 Å². The second kappa shape index (κ2) is 3.72. The second-order valence-electron chi connectivity index (χ2n) is 3.31. The van der Waals surface area contributed by atoms with Gasteiger partial charge < -0.3 is 5.32 Å².